The summed E-state index contributed by atoms with van der Waals surface area (Å²) in [5.74, 6) is 0. The fourth-order valence-electron chi connectivity index (χ4n) is 10.5. The summed E-state index contributed by atoms with van der Waals surface area (Å²) in [6.07, 6.45) is -2.69. The molecule has 120 heavy (non-hydrogen) atoms. The molecule has 12 rings (SSSR count). The molecule has 660 valence electrons. The summed E-state index contributed by atoms with van der Waals surface area (Å²) in [4.78, 5) is 15.3. The maximum atomic E-state index is 12.4. The van der Waals surface area contributed by atoms with Gasteiger partial charge in [0.25, 0.3) is 0 Å². The molecule has 12 N–H and O–H groups in total. The molecule has 12 aromatic rings. The first-order valence-corrected chi connectivity index (χ1v) is 43.3. The minimum Gasteiger partial charge on any atom is -0.361 e. The van der Waals surface area contributed by atoms with Crippen LogP contribution in [0.5, 0.6) is 0 Å². The van der Waals surface area contributed by atoms with Crippen LogP contribution in [0.25, 0.3) is 65.4 Å². The van der Waals surface area contributed by atoms with Gasteiger partial charge in [-0.05, 0) is 304 Å². The van der Waals surface area contributed by atoms with E-state index in [1.807, 2.05) is 19.0 Å². The van der Waals surface area contributed by atoms with Crippen LogP contribution in [0, 0.1) is 0 Å². The average molecular weight is 1830 g/mol. The van der Waals surface area contributed by atoms with E-state index in [2.05, 4.69) is 15.0 Å². The van der Waals surface area contributed by atoms with Crippen LogP contribution < -0.4 is 28.3 Å². The van der Waals surface area contributed by atoms with E-state index >= 15 is 0 Å². The zero-order chi connectivity index (χ0) is 138. The zero-order valence-corrected chi connectivity index (χ0v) is 70.4. The third-order valence-electron chi connectivity index (χ3n) is 16.2. The first kappa shape index (κ1) is 44.9. The molecule has 0 saturated carbocycles. The van der Waals surface area contributed by atoms with Crippen molar-refractivity contribution in [1.29, 1.82) is 0 Å². The van der Waals surface area contributed by atoms with Gasteiger partial charge in [0.2, 0.25) is 60.1 Å². The molecule has 6 heterocycles. The molecule has 0 saturated heterocycles. The van der Waals surface area contributed by atoms with Crippen molar-refractivity contribution in [2.75, 3.05) is 165 Å². The SMILES string of the molecule is [2H]c1[nH]c2ccc(C([2H])([2H])S(=O)(=O)NC([2H])([2H])[2H])cc2c1CC([2H])([2H])N(C([2H])([2H])[2H])C([2H])([2H])[2H].[2H]c1[nH]c2ccc(C([2H])([2H])S(=O)(=O)NC([2H])([2H])[2H])cc2c1CC([2H])([2H])N(C)C.[2H]c1[nH]c2ccc(C([2H])([2H])S(=O)(=O)NC([2H])([2H])[2H])cc2c1CC([2H])([2H])N(C)C([2H])([2H])[2H].[2H]c1c(CCN(C([2H])([2H])[2H])C([2H])([2H])[2H])c2cc(C([2H])([2H])S(=O)(=O)N([2H])C)ccc2n1[2H].[2H]c1c(CCN(C)C([2H])([2H])[2H])c2cc(C([2H])([2H])S(=O)(=O)N([2H])C)ccc2n1[2H].[2H]c1c(CCN(C)C)c2cc(C([2H])([2H])S(=O)(=O)N([2H])C)ccc2n1[2H]. The molecule has 0 amide bonds. The Kier molecular flexibility index (Phi) is 16.9. The number of H-pyrrole nitrogens is 6. The van der Waals surface area contributed by atoms with Crippen LogP contribution in [0.4, 0.5) is 0 Å². The Bertz CT molecular complexity index is 8720. The van der Waals surface area contributed by atoms with Crippen LogP contribution in [0.2, 0.25) is 8.47 Å². The van der Waals surface area contributed by atoms with Gasteiger partial charge >= 0.3 is 0 Å². The van der Waals surface area contributed by atoms with Gasteiger partial charge in [-0.15, -0.1) is 0 Å². The van der Waals surface area contributed by atoms with Gasteiger partial charge in [-0.25, -0.2) is 78.8 Å². The molecule has 36 heteroatoms. The van der Waals surface area contributed by atoms with Gasteiger partial charge < -0.3 is 59.3 Å². The molecule has 0 unspecified atom stereocenters. The number of aromatic nitrogens is 6. The number of benzene rings is 6. The molecule has 0 fully saturated rings. The van der Waals surface area contributed by atoms with Crippen molar-refractivity contribution in [2.24, 2.45) is 0 Å². The molecule has 6 aromatic heterocycles. The number of nitrogens with zero attached hydrogens (tertiary/aromatic N) is 6. The van der Waals surface area contributed by atoms with Crippen molar-refractivity contribution >= 4 is 126 Å². The fourth-order valence-corrected chi connectivity index (χ4v) is 13.5. The number of likely N-dealkylation sites (N-methyl/N-ethyl adjacent to an activating group) is 6. The van der Waals surface area contributed by atoms with Gasteiger partial charge in [0.1, 0.15) is 4.24 Å². The Hall–Kier alpha value is -8.22. The number of nitrogens with one attached hydrogen (secondary N) is 12. The molecule has 0 aliphatic rings. The number of hydrogen-bond acceptors (Lipinski definition) is 18. The standard InChI is InChI=1S/6C14H21N3O2S/c6*1-15-20(18,19)10-11-4-5-14-13(8-11)12(9-16-14)6-7-17(2)3/h6*4-5,8-9,15-16H,6-7,10H2,1-3H3/i1D3,2D3,3D3,7D2,9D,10D2;1D3,2D3,7D2,9D,10D2;2D3,3D3,9D,10D2;1D3,7D2,9D,10D2;2D3,9D,10D2;9D,10D2/hD6. The monoisotopic (exact) mass is 1830 g/mol. The van der Waals surface area contributed by atoms with E-state index in [0.717, 1.165) is 79.4 Å². The molecular weight excluding hydrogens is 1650 g/mol. The molecule has 0 aliphatic carbocycles. The minimum absolute atomic E-state index is 0.00460. The Morgan fingerprint density at radius 1 is 0.308 bits per heavy atom. The highest BCUT2D eigenvalue weighted by Crippen LogP contribution is 2.28. The summed E-state index contributed by atoms with van der Waals surface area (Å²) in [6, 6.07) is 21.7. The number of fused-ring (bicyclic) bond motifs is 6. The van der Waals surface area contributed by atoms with Crippen molar-refractivity contribution in [3.63, 3.8) is 0 Å². The number of aromatic amines is 6. The van der Waals surface area contributed by atoms with Crippen molar-refractivity contribution in [1.82, 2.24) is 87.6 Å². The van der Waals surface area contributed by atoms with Crippen molar-refractivity contribution in [3.05, 3.63) is 213 Å². The van der Waals surface area contributed by atoms with Crippen molar-refractivity contribution in [3.8, 4) is 0 Å². The maximum absolute atomic E-state index is 12.4. The fraction of sp³-hybridized carbons (Fsp3) is 0.429. The molecule has 6 aromatic carbocycles. The normalized spacial score (nSPS) is 21.5. The molecule has 0 atom stereocenters. The van der Waals surface area contributed by atoms with Crippen LogP contribution in [-0.2, 0) is 133 Å². The van der Waals surface area contributed by atoms with Crippen LogP contribution in [-0.4, -0.2) is 275 Å². The summed E-state index contributed by atoms with van der Waals surface area (Å²) in [5, 5.41) is 1.21. The Morgan fingerprint density at radius 2 is 0.550 bits per heavy atom. The van der Waals surface area contributed by atoms with E-state index in [-0.39, 0.29) is 158 Å². The second-order valence-corrected chi connectivity index (χ2v) is 34.4. The predicted octanol–water partition coefficient (Wildman–Crippen LogP) is 7.93. The quantitative estimate of drug-likeness (QED) is 0.0177. The van der Waals surface area contributed by atoms with Crippen LogP contribution in [0.15, 0.2) is 146 Å². The molecule has 0 radical (unpaired) electrons. The lowest BCUT2D eigenvalue weighted by atomic mass is 10.1. The third-order valence-corrected chi connectivity index (χ3v) is 21.4. The number of sulfonamides is 6. The lowest BCUT2D eigenvalue weighted by molar-refractivity contribution is 0.414. The topological polar surface area (TPSA) is 391 Å². The third kappa shape index (κ3) is 31.9. The van der Waals surface area contributed by atoms with Gasteiger partial charge in [0.05, 0.1) is 42.5 Å². The second-order valence-electron chi connectivity index (χ2n) is 25.6. The van der Waals surface area contributed by atoms with E-state index in [9.17, 15) is 50.5 Å². The molecule has 0 spiro atoms. The number of aryl methyl sites for hydroxylation is 3. The van der Waals surface area contributed by atoms with E-state index in [1.54, 1.807) is 0 Å². The predicted molar refractivity (Wildman–Crippen MR) is 493 cm³/mol. The lowest BCUT2D eigenvalue weighted by Gasteiger charge is -2.08. The van der Waals surface area contributed by atoms with Gasteiger partial charge in [0.15, 0.2) is 4.24 Å². The van der Waals surface area contributed by atoms with Crippen LogP contribution >= 0.6 is 0 Å². The van der Waals surface area contributed by atoms with E-state index < -0.39 is 213 Å². The number of rotatable bonds is 36. The summed E-state index contributed by atoms with van der Waals surface area (Å²) in [6.45, 7) is -34.2. The molecule has 30 nitrogen and oxygen atoms in total. The average Bonchev–Trinajstić information content (AvgIpc) is 1.62. The number of hydrogen-bond donors (Lipinski definition) is 12. The minimum atomic E-state index is -5.10. The molecular formula is C84H126N18O12S6. The van der Waals surface area contributed by atoms with Crippen LogP contribution in [0.1, 0.15) is 137 Å². The highest BCUT2D eigenvalue weighted by molar-refractivity contribution is 7.90. The lowest BCUT2D eigenvalue weighted by Crippen LogP contribution is -2.20. The van der Waals surface area contributed by atoms with Crippen molar-refractivity contribution < 1.29 is 129 Å². The summed E-state index contributed by atoms with van der Waals surface area (Å²) in [7, 11) is -16.8. The van der Waals surface area contributed by atoms with E-state index in [0.29, 0.717) is 66.1 Å². The van der Waals surface area contributed by atoms with Gasteiger partial charge in [-0.1, -0.05) is 36.4 Å². The van der Waals surface area contributed by atoms with Gasteiger partial charge in [-0.2, -0.15) is 0 Å². The highest BCUT2D eigenvalue weighted by Gasteiger charge is 2.19. The van der Waals surface area contributed by atoms with E-state index in [4.69, 9.17) is 78.4 Å². The molecule has 0 aliphatic heterocycles. The van der Waals surface area contributed by atoms with Crippen molar-refractivity contribution in [2.45, 2.75) is 72.8 Å². The van der Waals surface area contributed by atoms with Crippen LogP contribution in [0.3, 0.4) is 0 Å². The van der Waals surface area contributed by atoms with Gasteiger partial charge in [-0.3, -0.25) is 0 Å². The van der Waals surface area contributed by atoms with Gasteiger partial charge in [0, 0.05) is 203 Å². The Balaban J connectivity index is 0.000000284. The Morgan fingerprint density at radius 3 is 0.817 bits per heavy atom. The largest absolute Gasteiger partial charge is 0.361 e. The van der Waals surface area contributed by atoms with E-state index in [1.165, 1.54) is 113 Å². The Labute approximate surface area is 791 Å². The summed E-state index contributed by atoms with van der Waals surface area (Å²) in [5.41, 5.74) is -17.6. The first-order valence-electron chi connectivity index (χ1n) is 62.8. The smallest absolute Gasteiger partial charge is 0.215 e. The zero-order valence-electron chi connectivity index (χ0n) is 122. The maximum Gasteiger partial charge on any atom is 0.215 e. The first-order chi connectivity index (χ1) is 78.9. The second kappa shape index (κ2) is 45.2. The summed E-state index contributed by atoms with van der Waals surface area (Å²) < 4.78 is 587. The molecule has 0 bridgehead atoms. The highest BCUT2D eigenvalue weighted by atomic mass is 32.2. The summed E-state index contributed by atoms with van der Waals surface area (Å²) >= 11 is 0.